The minimum absolute atomic E-state index is 0.237. The van der Waals surface area contributed by atoms with Crippen molar-refractivity contribution in [2.24, 2.45) is 5.73 Å². The quantitative estimate of drug-likeness (QED) is 0.439. The summed E-state index contributed by atoms with van der Waals surface area (Å²) in [6.07, 6.45) is 2.86. The van der Waals surface area contributed by atoms with Crippen LogP contribution in [-0.4, -0.2) is 46.1 Å². The van der Waals surface area contributed by atoms with Gasteiger partial charge in [0.1, 0.15) is 23.0 Å². The lowest BCUT2D eigenvalue weighted by atomic mass is 10.1. The fraction of sp³-hybridized carbons (Fsp3) is 0.280. The molecule has 0 bridgehead atoms. The molecule has 0 saturated carbocycles. The maximum Gasteiger partial charge on any atom is 0.304 e. The molecule has 35 heavy (non-hydrogen) atoms. The molecule has 4 aromatic rings. The Morgan fingerprint density at radius 2 is 2.00 bits per heavy atom. The van der Waals surface area contributed by atoms with E-state index in [-0.39, 0.29) is 17.4 Å². The number of benzene rings is 2. The van der Waals surface area contributed by atoms with Crippen molar-refractivity contribution in [3.05, 3.63) is 65.0 Å². The molecule has 1 amide bonds. The number of para-hydroxylation sites is 1. The molecule has 10 heteroatoms. The van der Waals surface area contributed by atoms with Crippen LogP contribution in [0.25, 0.3) is 17.0 Å². The average Bonchev–Trinajstić information content (AvgIpc) is 3.13. The number of primary amides is 1. The zero-order valence-corrected chi connectivity index (χ0v) is 19.6. The van der Waals surface area contributed by atoms with Crippen molar-refractivity contribution in [1.82, 2.24) is 19.5 Å². The van der Waals surface area contributed by atoms with Crippen LogP contribution in [0.2, 0.25) is 0 Å². The van der Waals surface area contributed by atoms with E-state index in [0.717, 1.165) is 42.8 Å². The Hall–Kier alpha value is -4.21. The molecular weight excluding hydrogens is 449 g/mol. The maximum absolute atomic E-state index is 13.7. The molecule has 0 radical (unpaired) electrons. The van der Waals surface area contributed by atoms with E-state index in [4.69, 9.17) is 20.4 Å². The summed E-state index contributed by atoms with van der Waals surface area (Å²) < 4.78 is 20.9. The number of methoxy groups -OCH3 is 1. The number of carbonyl (C=O) groups excluding carboxylic acids is 1. The first-order valence-electron chi connectivity index (χ1n) is 11.4. The fourth-order valence-corrected chi connectivity index (χ4v) is 4.45. The third kappa shape index (κ3) is 4.23. The second-order valence-corrected chi connectivity index (χ2v) is 8.51. The fourth-order valence-electron chi connectivity index (χ4n) is 4.45. The normalized spacial score (nSPS) is 13.4. The predicted molar refractivity (Wildman–Crippen MR) is 132 cm³/mol. The molecule has 0 saturated heterocycles. The zero-order valence-electron chi connectivity index (χ0n) is 19.6. The number of hydrogen-bond acceptors (Lipinski definition) is 7. The average molecular weight is 476 g/mol. The number of carbonyl (C=O) groups is 1. The first kappa shape index (κ1) is 22.6. The Morgan fingerprint density at radius 1 is 1.17 bits per heavy atom. The minimum Gasteiger partial charge on any atom is -0.468 e. The van der Waals surface area contributed by atoms with Crippen LogP contribution >= 0.6 is 0 Å². The van der Waals surface area contributed by atoms with Gasteiger partial charge in [-0.05, 0) is 49.1 Å². The smallest absolute Gasteiger partial charge is 0.304 e. The lowest BCUT2D eigenvalue weighted by Crippen LogP contribution is -2.21. The number of fused-ring (bicyclic) bond motifs is 2. The molecule has 0 fully saturated rings. The van der Waals surface area contributed by atoms with E-state index in [9.17, 15) is 9.18 Å². The number of amides is 1. The number of hydrogen-bond donors (Lipinski definition) is 2. The third-order valence-corrected chi connectivity index (χ3v) is 6.16. The second kappa shape index (κ2) is 9.21. The van der Waals surface area contributed by atoms with Crippen molar-refractivity contribution in [1.29, 1.82) is 0 Å². The van der Waals surface area contributed by atoms with Crippen LogP contribution < -0.4 is 20.7 Å². The van der Waals surface area contributed by atoms with Gasteiger partial charge in [0, 0.05) is 25.7 Å². The van der Waals surface area contributed by atoms with Crippen LogP contribution in [0.1, 0.15) is 34.3 Å². The molecule has 0 aliphatic carbocycles. The number of imidazole rings is 1. The molecule has 9 nitrogen and oxygen atoms in total. The highest BCUT2D eigenvalue weighted by Crippen LogP contribution is 2.33. The van der Waals surface area contributed by atoms with Crippen molar-refractivity contribution in [2.45, 2.75) is 25.8 Å². The molecule has 0 spiro atoms. The number of halogens is 1. The Kier molecular flexibility index (Phi) is 5.94. The molecule has 3 heterocycles. The third-order valence-electron chi connectivity index (χ3n) is 6.16. The monoisotopic (exact) mass is 475 g/mol. The van der Waals surface area contributed by atoms with Gasteiger partial charge in [-0.2, -0.15) is 15.0 Å². The van der Waals surface area contributed by atoms with Crippen LogP contribution in [0.4, 0.5) is 16.0 Å². The number of aromatic nitrogens is 4. The van der Waals surface area contributed by atoms with Crippen LogP contribution in [-0.2, 0) is 13.0 Å². The summed E-state index contributed by atoms with van der Waals surface area (Å²) >= 11 is 0. The van der Waals surface area contributed by atoms with Gasteiger partial charge in [-0.25, -0.2) is 8.96 Å². The summed E-state index contributed by atoms with van der Waals surface area (Å²) in [6.45, 7) is 1.26. The molecule has 1 aliphatic heterocycles. The van der Waals surface area contributed by atoms with Gasteiger partial charge in [-0.3, -0.25) is 4.79 Å². The molecular formula is C25H26FN7O2. The molecule has 2 aromatic heterocycles. The van der Waals surface area contributed by atoms with Gasteiger partial charge < -0.3 is 20.7 Å². The first-order valence-corrected chi connectivity index (χ1v) is 11.4. The van der Waals surface area contributed by atoms with E-state index >= 15 is 0 Å². The molecule has 0 atom stereocenters. The summed E-state index contributed by atoms with van der Waals surface area (Å²) in [5, 5.41) is 3.39. The summed E-state index contributed by atoms with van der Waals surface area (Å²) in [4.78, 5) is 28.4. The molecule has 3 N–H and O–H groups in total. The minimum atomic E-state index is -0.581. The van der Waals surface area contributed by atoms with Crippen molar-refractivity contribution < 1.29 is 13.9 Å². The van der Waals surface area contributed by atoms with Gasteiger partial charge >= 0.3 is 6.01 Å². The highest BCUT2D eigenvalue weighted by molar-refractivity contribution is 6.04. The number of rotatable bonds is 6. The largest absolute Gasteiger partial charge is 0.468 e. The number of anilines is 2. The Bertz CT molecular complexity index is 1420. The van der Waals surface area contributed by atoms with Crippen molar-refractivity contribution in [3.63, 3.8) is 0 Å². The maximum atomic E-state index is 13.7. The second-order valence-electron chi connectivity index (χ2n) is 8.51. The summed E-state index contributed by atoms with van der Waals surface area (Å²) in [6, 6.07) is 11.9. The number of ether oxygens (including phenoxy) is 1. The summed E-state index contributed by atoms with van der Waals surface area (Å²) in [5.74, 6) is 0.955. The lowest BCUT2D eigenvalue weighted by Gasteiger charge is -2.21. The van der Waals surface area contributed by atoms with E-state index < -0.39 is 5.91 Å². The lowest BCUT2D eigenvalue weighted by molar-refractivity contribution is 0.100. The van der Waals surface area contributed by atoms with Gasteiger partial charge in [-0.1, -0.05) is 18.2 Å². The molecule has 180 valence electrons. The number of nitrogens with two attached hydrogens (primary N) is 1. The van der Waals surface area contributed by atoms with E-state index in [2.05, 4.69) is 15.2 Å². The van der Waals surface area contributed by atoms with Crippen LogP contribution in [0.3, 0.4) is 0 Å². The number of nitrogens with one attached hydrogen (secondary N) is 1. The van der Waals surface area contributed by atoms with Gasteiger partial charge in [-0.15, -0.1) is 0 Å². The van der Waals surface area contributed by atoms with Gasteiger partial charge in [0.2, 0.25) is 5.95 Å². The Balaban J connectivity index is 1.67. The number of nitrogens with zero attached hydrogens (tertiary/aromatic N) is 5. The van der Waals surface area contributed by atoms with Crippen molar-refractivity contribution in [3.8, 4) is 12.0 Å². The summed E-state index contributed by atoms with van der Waals surface area (Å²) in [7, 11) is 3.51. The van der Waals surface area contributed by atoms with Gasteiger partial charge in [0.05, 0.1) is 18.2 Å². The SMILES string of the molecule is COc1nc2c(C(N)=O)cccc2n1-c1nc(NCc2cccc(F)c2)c2c(n1)N(C)CCCC2. The van der Waals surface area contributed by atoms with E-state index in [1.807, 2.05) is 19.2 Å². The predicted octanol–water partition coefficient (Wildman–Crippen LogP) is 3.45. The molecule has 1 aliphatic rings. The standard InChI is InChI=1S/C25H26FN7O2/c1-32-12-4-3-9-18-22(28-14-15-7-5-8-16(26)13-15)30-24(31-23(18)32)33-19-11-6-10-17(21(27)34)20(19)29-25(33)35-2/h5-8,10-11,13H,3-4,9,12,14H2,1-2H3,(H2,27,34)(H,28,30,31). The Morgan fingerprint density at radius 3 is 2.77 bits per heavy atom. The molecule has 5 rings (SSSR count). The van der Waals surface area contributed by atoms with Crippen LogP contribution in [0.15, 0.2) is 42.5 Å². The highest BCUT2D eigenvalue weighted by atomic mass is 19.1. The first-order chi connectivity index (χ1) is 17.0. The Labute approximate surface area is 201 Å². The molecule has 0 unspecified atom stereocenters. The summed E-state index contributed by atoms with van der Waals surface area (Å²) in [5.41, 5.74) is 8.69. The van der Waals surface area contributed by atoms with E-state index in [0.29, 0.717) is 29.3 Å². The van der Waals surface area contributed by atoms with Crippen molar-refractivity contribution >= 4 is 28.6 Å². The van der Waals surface area contributed by atoms with Crippen LogP contribution in [0.5, 0.6) is 6.01 Å². The van der Waals surface area contributed by atoms with Gasteiger partial charge in [0.25, 0.3) is 5.91 Å². The van der Waals surface area contributed by atoms with E-state index in [1.165, 1.54) is 19.2 Å². The molecule has 2 aromatic carbocycles. The van der Waals surface area contributed by atoms with E-state index in [1.54, 1.807) is 22.8 Å². The van der Waals surface area contributed by atoms with Crippen molar-refractivity contribution in [2.75, 3.05) is 30.9 Å². The zero-order chi connectivity index (χ0) is 24.5. The topological polar surface area (TPSA) is 111 Å². The highest BCUT2D eigenvalue weighted by Gasteiger charge is 2.24. The van der Waals surface area contributed by atoms with Crippen LogP contribution in [0, 0.1) is 5.82 Å². The van der Waals surface area contributed by atoms with Gasteiger partial charge in [0.15, 0.2) is 0 Å².